The van der Waals surface area contributed by atoms with E-state index in [1.165, 1.54) is 0 Å². The van der Waals surface area contributed by atoms with Crippen molar-refractivity contribution in [3.05, 3.63) is 0 Å². The maximum Gasteiger partial charge on any atom is 0.320 e. The number of nitrogens with two attached hydrogens (primary N) is 2. The van der Waals surface area contributed by atoms with Crippen LogP contribution in [0.1, 0.15) is 40.5 Å². The van der Waals surface area contributed by atoms with Crippen molar-refractivity contribution in [2.45, 2.75) is 58.7 Å². The summed E-state index contributed by atoms with van der Waals surface area (Å²) in [6.07, 6.45) is 1.20. The van der Waals surface area contributed by atoms with Gasteiger partial charge in [0.2, 0.25) is 0 Å². The third-order valence-corrected chi connectivity index (χ3v) is 2.77. The maximum atomic E-state index is 11.4. The molecule has 5 N–H and O–H groups in total. The Kier molecular flexibility index (Phi) is 7.35. The van der Waals surface area contributed by atoms with E-state index >= 15 is 0 Å². The molecule has 0 saturated heterocycles. The van der Waals surface area contributed by atoms with E-state index in [2.05, 4.69) is 4.99 Å². The maximum absolute atomic E-state index is 11.4. The van der Waals surface area contributed by atoms with E-state index in [0.717, 1.165) is 0 Å². The first-order chi connectivity index (χ1) is 8.27. The Morgan fingerprint density at radius 3 is 2.06 bits per heavy atom. The predicted molar refractivity (Wildman–Crippen MR) is 73.4 cm³/mol. The summed E-state index contributed by atoms with van der Waals surface area (Å²) in [4.78, 5) is 17.2. The van der Waals surface area contributed by atoms with Crippen LogP contribution in [0.5, 0.6) is 0 Å². The zero-order valence-corrected chi connectivity index (χ0v) is 11.8. The molecule has 6 nitrogen and oxygen atoms in total. The average molecular weight is 258 g/mol. The highest BCUT2D eigenvalue weighted by Crippen LogP contribution is 2.15. The second kappa shape index (κ2) is 7.92. The molecule has 0 spiro atoms. The van der Waals surface area contributed by atoms with Crippen molar-refractivity contribution in [1.82, 2.24) is 4.90 Å². The Morgan fingerprint density at radius 1 is 1.22 bits per heavy atom. The first kappa shape index (κ1) is 16.7. The second-order valence-corrected chi connectivity index (χ2v) is 4.94. The minimum Gasteiger partial charge on any atom is -0.480 e. The molecular formula is C12H26N4O2. The summed E-state index contributed by atoms with van der Waals surface area (Å²) >= 11 is 0. The number of nitrogens with zero attached hydrogens (tertiary/aromatic N) is 2. The number of aliphatic imine (C=N–C) groups is 1. The highest BCUT2D eigenvalue weighted by molar-refractivity contribution is 5.75. The lowest BCUT2D eigenvalue weighted by Gasteiger charge is -2.35. The van der Waals surface area contributed by atoms with Crippen LogP contribution in [0.15, 0.2) is 4.99 Å². The highest BCUT2D eigenvalue weighted by atomic mass is 16.4. The van der Waals surface area contributed by atoms with Gasteiger partial charge in [-0.25, -0.2) is 0 Å². The number of aliphatic carboxylic acids is 1. The van der Waals surface area contributed by atoms with E-state index in [1.807, 2.05) is 32.6 Å². The van der Waals surface area contributed by atoms with Gasteiger partial charge < -0.3 is 16.6 Å². The van der Waals surface area contributed by atoms with E-state index in [4.69, 9.17) is 11.5 Å². The van der Waals surface area contributed by atoms with Crippen molar-refractivity contribution in [2.75, 3.05) is 6.54 Å². The average Bonchev–Trinajstić information content (AvgIpc) is 2.20. The van der Waals surface area contributed by atoms with Crippen molar-refractivity contribution >= 4 is 11.9 Å². The standard InChI is InChI=1S/C12H26N4O2/c1-8(2)16(9(3)4)10(11(17)18)6-5-7-15-12(13)14/h8-10H,5-7H2,1-4H3,(H,17,18)(H4,13,14,15). The number of hydrogen-bond donors (Lipinski definition) is 3. The van der Waals surface area contributed by atoms with Gasteiger partial charge in [-0.05, 0) is 40.5 Å². The summed E-state index contributed by atoms with van der Waals surface area (Å²) in [5, 5.41) is 9.32. The summed E-state index contributed by atoms with van der Waals surface area (Å²) in [5.41, 5.74) is 10.5. The summed E-state index contributed by atoms with van der Waals surface area (Å²) in [5.74, 6) is -0.742. The molecule has 0 aromatic heterocycles. The van der Waals surface area contributed by atoms with Gasteiger partial charge in [-0.15, -0.1) is 0 Å². The molecule has 0 aliphatic rings. The molecule has 0 aromatic rings. The molecule has 1 atom stereocenters. The third-order valence-electron chi connectivity index (χ3n) is 2.77. The summed E-state index contributed by atoms with van der Waals surface area (Å²) in [6, 6.07) is -0.109. The molecule has 0 aliphatic heterocycles. The molecule has 1 unspecified atom stereocenters. The number of carbonyl (C=O) groups is 1. The Hall–Kier alpha value is -1.30. The van der Waals surface area contributed by atoms with Gasteiger partial charge in [-0.3, -0.25) is 14.7 Å². The number of rotatable bonds is 8. The normalized spacial score (nSPS) is 13.1. The third kappa shape index (κ3) is 5.86. The monoisotopic (exact) mass is 258 g/mol. The van der Waals surface area contributed by atoms with Crippen LogP contribution in [-0.2, 0) is 4.79 Å². The van der Waals surface area contributed by atoms with Crippen molar-refractivity contribution in [3.63, 3.8) is 0 Å². The van der Waals surface area contributed by atoms with Crippen LogP contribution in [0, 0.1) is 0 Å². The first-order valence-corrected chi connectivity index (χ1v) is 6.33. The zero-order valence-electron chi connectivity index (χ0n) is 11.8. The van der Waals surface area contributed by atoms with Crippen molar-refractivity contribution in [2.24, 2.45) is 16.5 Å². The molecule has 18 heavy (non-hydrogen) atoms. The largest absolute Gasteiger partial charge is 0.480 e. The molecule has 0 fully saturated rings. The van der Waals surface area contributed by atoms with Gasteiger partial charge in [0.25, 0.3) is 0 Å². The van der Waals surface area contributed by atoms with Crippen LogP contribution < -0.4 is 11.5 Å². The zero-order chi connectivity index (χ0) is 14.3. The number of hydrogen-bond acceptors (Lipinski definition) is 3. The Bertz CT molecular complexity index is 278. The van der Waals surface area contributed by atoms with Crippen molar-refractivity contribution in [3.8, 4) is 0 Å². The molecule has 0 aliphatic carbocycles. The van der Waals surface area contributed by atoms with Crippen LogP contribution in [0.2, 0.25) is 0 Å². The van der Waals surface area contributed by atoms with E-state index in [1.54, 1.807) is 0 Å². The van der Waals surface area contributed by atoms with Crippen molar-refractivity contribution < 1.29 is 9.90 Å². The predicted octanol–water partition coefficient (Wildman–Crippen LogP) is 0.612. The Labute approximate surface area is 109 Å². The number of guanidine groups is 1. The van der Waals surface area contributed by atoms with Gasteiger partial charge >= 0.3 is 5.97 Å². The summed E-state index contributed by atoms with van der Waals surface area (Å²) in [7, 11) is 0. The van der Waals surface area contributed by atoms with Crippen molar-refractivity contribution in [1.29, 1.82) is 0 Å². The molecule has 0 amide bonds. The van der Waals surface area contributed by atoms with Gasteiger partial charge in [0.05, 0.1) is 0 Å². The Morgan fingerprint density at radius 2 is 1.72 bits per heavy atom. The second-order valence-electron chi connectivity index (χ2n) is 4.94. The van der Waals surface area contributed by atoms with Gasteiger partial charge in [0.15, 0.2) is 5.96 Å². The smallest absolute Gasteiger partial charge is 0.320 e. The van der Waals surface area contributed by atoms with Crippen LogP contribution in [0.4, 0.5) is 0 Å². The van der Waals surface area contributed by atoms with E-state index in [0.29, 0.717) is 19.4 Å². The van der Waals surface area contributed by atoms with Gasteiger partial charge in [0.1, 0.15) is 6.04 Å². The molecule has 0 aromatic carbocycles. The SMILES string of the molecule is CC(C)N(C(C)C)C(CCCN=C(N)N)C(=O)O. The molecule has 0 bridgehead atoms. The molecular weight excluding hydrogens is 232 g/mol. The van der Waals surface area contributed by atoms with Crippen LogP contribution in [0.25, 0.3) is 0 Å². The van der Waals surface area contributed by atoms with Crippen LogP contribution >= 0.6 is 0 Å². The van der Waals surface area contributed by atoms with Gasteiger partial charge in [-0.1, -0.05) is 0 Å². The quantitative estimate of drug-likeness (QED) is 0.336. The molecule has 0 radical (unpaired) electrons. The lowest BCUT2D eigenvalue weighted by Crippen LogP contribution is -2.49. The fraction of sp³-hybridized carbons (Fsp3) is 0.833. The molecule has 0 rings (SSSR count). The highest BCUT2D eigenvalue weighted by Gasteiger charge is 2.28. The summed E-state index contributed by atoms with van der Waals surface area (Å²) < 4.78 is 0. The molecule has 0 heterocycles. The fourth-order valence-corrected chi connectivity index (χ4v) is 2.21. The fourth-order valence-electron chi connectivity index (χ4n) is 2.21. The van der Waals surface area contributed by atoms with E-state index in [-0.39, 0.29) is 18.0 Å². The molecule has 6 heteroatoms. The summed E-state index contributed by atoms with van der Waals surface area (Å²) in [6.45, 7) is 8.49. The van der Waals surface area contributed by atoms with Crippen LogP contribution in [0.3, 0.4) is 0 Å². The minimum atomic E-state index is -0.790. The lowest BCUT2D eigenvalue weighted by atomic mass is 10.1. The topological polar surface area (TPSA) is 105 Å². The number of carboxylic acid groups (broad SMARTS) is 1. The first-order valence-electron chi connectivity index (χ1n) is 6.33. The number of carboxylic acids is 1. The van der Waals surface area contributed by atoms with Gasteiger partial charge in [-0.2, -0.15) is 0 Å². The van der Waals surface area contributed by atoms with E-state index < -0.39 is 12.0 Å². The Balaban J connectivity index is 4.55. The van der Waals surface area contributed by atoms with Crippen LogP contribution in [-0.4, -0.2) is 46.6 Å². The molecule has 106 valence electrons. The lowest BCUT2D eigenvalue weighted by molar-refractivity contribution is -0.145. The van der Waals surface area contributed by atoms with E-state index in [9.17, 15) is 9.90 Å². The minimum absolute atomic E-state index is 0.0476. The van der Waals surface area contributed by atoms with Gasteiger partial charge in [0, 0.05) is 18.6 Å². The molecule has 0 saturated carbocycles.